The first-order valence-electron chi connectivity index (χ1n) is 5.29. The lowest BCUT2D eigenvalue weighted by Crippen LogP contribution is -2.54. The van der Waals surface area contributed by atoms with Crippen molar-refractivity contribution in [3.8, 4) is 0 Å². The van der Waals surface area contributed by atoms with Gasteiger partial charge in [0.05, 0.1) is 6.10 Å². The van der Waals surface area contributed by atoms with Crippen molar-refractivity contribution < 1.29 is 5.11 Å². The van der Waals surface area contributed by atoms with Gasteiger partial charge in [0.25, 0.3) is 0 Å². The van der Waals surface area contributed by atoms with Gasteiger partial charge in [0, 0.05) is 10.0 Å². The third-order valence-electron chi connectivity index (χ3n) is 3.08. The van der Waals surface area contributed by atoms with E-state index in [-0.39, 0.29) is 11.6 Å². The summed E-state index contributed by atoms with van der Waals surface area (Å²) in [4.78, 5) is 0. The molecule has 82 valence electrons. The van der Waals surface area contributed by atoms with Crippen LogP contribution in [-0.4, -0.2) is 16.7 Å². The number of hydrogen-bond donors (Lipinski definition) is 2. The fourth-order valence-electron chi connectivity index (χ4n) is 2.17. The molecule has 1 fully saturated rings. The van der Waals surface area contributed by atoms with Crippen LogP contribution in [-0.2, 0) is 6.42 Å². The van der Waals surface area contributed by atoms with Crippen molar-refractivity contribution in [2.24, 2.45) is 5.73 Å². The molecule has 2 rings (SSSR count). The first-order chi connectivity index (χ1) is 7.07. The second-order valence-corrected chi connectivity index (χ2v) is 5.47. The molecule has 0 atom stereocenters. The molecule has 3 heteroatoms. The normalized spacial score (nSPS) is 29.9. The fourth-order valence-corrected chi connectivity index (χ4v) is 2.62. The second-order valence-electron chi connectivity index (χ2n) is 4.55. The Morgan fingerprint density at radius 2 is 2.20 bits per heavy atom. The lowest BCUT2D eigenvalue weighted by Gasteiger charge is -2.42. The Morgan fingerprint density at radius 1 is 1.47 bits per heavy atom. The molecule has 0 heterocycles. The van der Waals surface area contributed by atoms with Gasteiger partial charge in [0.15, 0.2) is 0 Å². The maximum atomic E-state index is 9.24. The van der Waals surface area contributed by atoms with E-state index >= 15 is 0 Å². The van der Waals surface area contributed by atoms with E-state index in [1.165, 1.54) is 5.56 Å². The summed E-state index contributed by atoms with van der Waals surface area (Å²) in [5, 5.41) is 9.24. The van der Waals surface area contributed by atoms with Crippen LogP contribution >= 0.6 is 15.9 Å². The van der Waals surface area contributed by atoms with E-state index in [4.69, 9.17) is 5.73 Å². The van der Waals surface area contributed by atoms with E-state index in [0.29, 0.717) is 0 Å². The molecular weight excluding hydrogens is 254 g/mol. The zero-order valence-electron chi connectivity index (χ0n) is 8.62. The summed E-state index contributed by atoms with van der Waals surface area (Å²) in [6.45, 7) is 0. The number of aliphatic hydroxyl groups excluding tert-OH is 1. The van der Waals surface area contributed by atoms with Crippen LogP contribution in [0.3, 0.4) is 0 Å². The van der Waals surface area contributed by atoms with E-state index in [9.17, 15) is 5.11 Å². The molecule has 0 saturated heterocycles. The van der Waals surface area contributed by atoms with Gasteiger partial charge in [-0.1, -0.05) is 28.1 Å². The second kappa shape index (κ2) is 4.24. The quantitative estimate of drug-likeness (QED) is 0.884. The molecule has 0 radical (unpaired) electrons. The first-order valence-corrected chi connectivity index (χ1v) is 6.08. The standard InChI is InChI=1S/C12H16BrNO/c13-10-3-1-2-9(6-10)4-5-12(14)7-11(15)8-12/h1-3,6,11,15H,4-5,7-8,14H2. The first kappa shape index (κ1) is 11.1. The zero-order chi connectivity index (χ0) is 10.9. The minimum absolute atomic E-state index is 0.123. The number of rotatable bonds is 3. The highest BCUT2D eigenvalue weighted by Gasteiger charge is 2.39. The summed E-state index contributed by atoms with van der Waals surface area (Å²) in [6.07, 6.45) is 3.28. The van der Waals surface area contributed by atoms with Crippen molar-refractivity contribution in [1.29, 1.82) is 0 Å². The predicted octanol–water partition coefficient (Wildman–Crippen LogP) is 2.23. The smallest absolute Gasteiger partial charge is 0.0575 e. The van der Waals surface area contributed by atoms with Gasteiger partial charge >= 0.3 is 0 Å². The van der Waals surface area contributed by atoms with Crippen molar-refractivity contribution in [2.45, 2.75) is 37.3 Å². The van der Waals surface area contributed by atoms with E-state index in [2.05, 4.69) is 28.1 Å². The molecule has 0 aromatic heterocycles. The molecule has 1 aliphatic rings. The Hall–Kier alpha value is -0.380. The molecule has 1 aromatic rings. The third-order valence-corrected chi connectivity index (χ3v) is 3.58. The van der Waals surface area contributed by atoms with Crippen LogP contribution in [0.25, 0.3) is 0 Å². The van der Waals surface area contributed by atoms with Crippen LogP contribution in [0.5, 0.6) is 0 Å². The molecule has 1 aromatic carbocycles. The summed E-state index contributed by atoms with van der Waals surface area (Å²) >= 11 is 3.45. The lowest BCUT2D eigenvalue weighted by molar-refractivity contribution is 0.0189. The largest absolute Gasteiger partial charge is 0.393 e. The number of nitrogens with two attached hydrogens (primary N) is 1. The highest BCUT2D eigenvalue weighted by atomic mass is 79.9. The third kappa shape index (κ3) is 2.80. The minimum Gasteiger partial charge on any atom is -0.393 e. The van der Waals surface area contributed by atoms with Gasteiger partial charge in [0.1, 0.15) is 0 Å². The Balaban J connectivity index is 1.88. The van der Waals surface area contributed by atoms with E-state index < -0.39 is 0 Å². The molecule has 15 heavy (non-hydrogen) atoms. The summed E-state index contributed by atoms with van der Waals surface area (Å²) in [5.41, 5.74) is 7.29. The van der Waals surface area contributed by atoms with Crippen molar-refractivity contribution in [1.82, 2.24) is 0 Å². The average molecular weight is 270 g/mol. The van der Waals surface area contributed by atoms with Crippen LogP contribution in [0.15, 0.2) is 28.7 Å². The molecule has 0 spiro atoms. The maximum Gasteiger partial charge on any atom is 0.0575 e. The summed E-state index contributed by atoms with van der Waals surface area (Å²) in [5.74, 6) is 0. The molecule has 1 aliphatic carbocycles. The van der Waals surface area contributed by atoms with Gasteiger partial charge in [-0.05, 0) is 43.4 Å². The van der Waals surface area contributed by atoms with Crippen molar-refractivity contribution >= 4 is 15.9 Å². The summed E-state index contributed by atoms with van der Waals surface area (Å²) in [7, 11) is 0. The number of aliphatic hydroxyl groups is 1. The predicted molar refractivity (Wildman–Crippen MR) is 64.6 cm³/mol. The zero-order valence-corrected chi connectivity index (χ0v) is 10.2. The molecule has 0 aliphatic heterocycles. The molecular formula is C12H16BrNO. The van der Waals surface area contributed by atoms with E-state index in [1.54, 1.807) is 0 Å². The van der Waals surface area contributed by atoms with Gasteiger partial charge in [-0.2, -0.15) is 0 Å². The minimum atomic E-state index is -0.169. The molecule has 0 amide bonds. The van der Waals surface area contributed by atoms with E-state index in [1.807, 2.05) is 12.1 Å². The van der Waals surface area contributed by atoms with Gasteiger partial charge < -0.3 is 10.8 Å². The molecule has 0 bridgehead atoms. The highest BCUT2D eigenvalue weighted by molar-refractivity contribution is 9.10. The SMILES string of the molecule is NC1(CCc2cccc(Br)c2)CC(O)C1. The Bertz CT molecular complexity index is 347. The Kier molecular flexibility index (Phi) is 3.14. The van der Waals surface area contributed by atoms with Crippen molar-refractivity contribution in [3.05, 3.63) is 34.3 Å². The number of halogens is 1. The van der Waals surface area contributed by atoms with Crippen LogP contribution in [0, 0.1) is 0 Å². The topological polar surface area (TPSA) is 46.2 Å². The average Bonchev–Trinajstić information content (AvgIpc) is 2.13. The summed E-state index contributed by atoms with van der Waals surface area (Å²) in [6, 6.07) is 8.30. The molecule has 1 saturated carbocycles. The van der Waals surface area contributed by atoms with Gasteiger partial charge in [-0.25, -0.2) is 0 Å². The van der Waals surface area contributed by atoms with Crippen LogP contribution in [0.1, 0.15) is 24.8 Å². The van der Waals surface area contributed by atoms with Crippen LogP contribution < -0.4 is 5.73 Å². The van der Waals surface area contributed by atoms with Crippen molar-refractivity contribution in [3.63, 3.8) is 0 Å². The fraction of sp³-hybridized carbons (Fsp3) is 0.500. The van der Waals surface area contributed by atoms with Gasteiger partial charge in [-0.3, -0.25) is 0 Å². The van der Waals surface area contributed by atoms with Crippen molar-refractivity contribution in [2.75, 3.05) is 0 Å². The number of benzene rings is 1. The maximum absolute atomic E-state index is 9.24. The number of hydrogen-bond acceptors (Lipinski definition) is 2. The van der Waals surface area contributed by atoms with Crippen LogP contribution in [0.4, 0.5) is 0 Å². The van der Waals surface area contributed by atoms with Gasteiger partial charge in [-0.15, -0.1) is 0 Å². The Labute approximate surface area is 98.6 Å². The molecule has 2 nitrogen and oxygen atoms in total. The molecule has 3 N–H and O–H groups in total. The lowest BCUT2D eigenvalue weighted by atomic mass is 9.72. The molecule has 0 unspecified atom stereocenters. The Morgan fingerprint density at radius 3 is 2.80 bits per heavy atom. The number of aryl methyl sites for hydroxylation is 1. The summed E-state index contributed by atoms with van der Waals surface area (Å²) < 4.78 is 1.11. The van der Waals surface area contributed by atoms with Gasteiger partial charge in [0.2, 0.25) is 0 Å². The van der Waals surface area contributed by atoms with E-state index in [0.717, 1.165) is 30.2 Å². The van der Waals surface area contributed by atoms with Crippen LogP contribution in [0.2, 0.25) is 0 Å². The highest BCUT2D eigenvalue weighted by Crippen LogP contribution is 2.33. The monoisotopic (exact) mass is 269 g/mol.